The molecule has 126 valence electrons. The molecule has 2 N–H and O–H groups in total. The number of fused-ring (bicyclic) bond motifs is 5. The van der Waals surface area contributed by atoms with E-state index in [0.29, 0.717) is 12.8 Å². The van der Waals surface area contributed by atoms with Crippen LogP contribution in [0.4, 0.5) is 0 Å². The predicted molar refractivity (Wildman–Crippen MR) is 85.5 cm³/mol. The van der Waals surface area contributed by atoms with Gasteiger partial charge in [0.2, 0.25) is 5.79 Å². The van der Waals surface area contributed by atoms with Crippen molar-refractivity contribution >= 4 is 46.4 Å². The Morgan fingerprint density at radius 3 is 1.55 bits per heavy atom. The zero-order valence-corrected chi connectivity index (χ0v) is 15.3. The average molecular weight is 392 g/mol. The highest BCUT2D eigenvalue weighted by molar-refractivity contribution is 6.52. The van der Waals surface area contributed by atoms with Crippen LogP contribution in [0.1, 0.15) is 19.3 Å². The molecule has 0 amide bonds. The van der Waals surface area contributed by atoms with Crippen molar-refractivity contribution in [3.8, 4) is 0 Å². The molecule has 22 heavy (non-hydrogen) atoms. The van der Waals surface area contributed by atoms with Crippen LogP contribution in [0.2, 0.25) is 0 Å². The molecule has 4 nitrogen and oxygen atoms in total. The van der Waals surface area contributed by atoms with Crippen molar-refractivity contribution < 1.29 is 19.7 Å². The molecule has 4 atom stereocenters. The maximum absolute atomic E-state index is 10.3. The van der Waals surface area contributed by atoms with E-state index in [2.05, 4.69) is 0 Å². The van der Waals surface area contributed by atoms with Crippen molar-refractivity contribution in [3.63, 3.8) is 0 Å². The van der Waals surface area contributed by atoms with Gasteiger partial charge in [0.15, 0.2) is 0 Å². The zero-order chi connectivity index (χ0) is 16.6. The summed E-state index contributed by atoms with van der Waals surface area (Å²) in [6.45, 7) is -0.610. The molecule has 0 aromatic carbocycles. The van der Waals surface area contributed by atoms with Crippen LogP contribution in [-0.4, -0.2) is 53.2 Å². The van der Waals surface area contributed by atoms with Crippen molar-refractivity contribution in [2.75, 3.05) is 27.4 Å². The first-order valence-corrected chi connectivity index (χ1v) is 8.54. The molecule has 0 aromatic heterocycles. The van der Waals surface area contributed by atoms with E-state index in [1.165, 1.54) is 14.2 Å². The van der Waals surface area contributed by atoms with E-state index >= 15 is 0 Å². The van der Waals surface area contributed by atoms with Crippen LogP contribution < -0.4 is 0 Å². The summed E-state index contributed by atoms with van der Waals surface area (Å²) in [6.07, 6.45) is 1.82. The van der Waals surface area contributed by atoms with E-state index in [4.69, 9.17) is 55.9 Å². The molecule has 0 aliphatic heterocycles. The molecule has 3 aliphatic carbocycles. The molecule has 0 heterocycles. The van der Waals surface area contributed by atoms with E-state index in [9.17, 15) is 10.2 Å². The van der Waals surface area contributed by atoms with Gasteiger partial charge in [0, 0.05) is 25.0 Å². The fourth-order valence-electron chi connectivity index (χ4n) is 5.38. The molecule has 2 bridgehead atoms. The predicted octanol–water partition coefficient (Wildman–Crippen LogP) is 2.79. The van der Waals surface area contributed by atoms with E-state index in [1.54, 1.807) is 0 Å². The molecule has 2 fully saturated rings. The molecule has 3 aliphatic rings. The van der Waals surface area contributed by atoms with E-state index < -0.39 is 26.4 Å². The highest BCUT2D eigenvalue weighted by Gasteiger charge is 2.94. The van der Waals surface area contributed by atoms with Gasteiger partial charge in [-0.05, 0) is 12.8 Å². The minimum atomic E-state index is -1.58. The van der Waals surface area contributed by atoms with Crippen molar-refractivity contribution in [2.45, 2.75) is 34.8 Å². The summed E-state index contributed by atoms with van der Waals surface area (Å²) in [5.41, 5.74) is -1.97. The second-order valence-corrected chi connectivity index (χ2v) is 8.19. The lowest BCUT2D eigenvalue weighted by molar-refractivity contribution is -0.227. The molecule has 3 rings (SSSR count). The molecular formula is C14H18Cl4O4. The lowest BCUT2D eigenvalue weighted by Gasteiger charge is -2.50. The van der Waals surface area contributed by atoms with Crippen molar-refractivity contribution in [1.29, 1.82) is 0 Å². The molecular weight excluding hydrogens is 374 g/mol. The largest absolute Gasteiger partial charge is 0.396 e. The number of aliphatic hydroxyl groups excluding tert-OH is 2. The third kappa shape index (κ3) is 1.21. The molecule has 2 saturated carbocycles. The first kappa shape index (κ1) is 17.6. The summed E-state index contributed by atoms with van der Waals surface area (Å²) in [4.78, 5) is -2.95. The van der Waals surface area contributed by atoms with Crippen LogP contribution in [0.5, 0.6) is 0 Å². The van der Waals surface area contributed by atoms with Crippen LogP contribution in [0.3, 0.4) is 0 Å². The Labute approximate surface area is 149 Å². The summed E-state index contributed by atoms with van der Waals surface area (Å²) in [7, 11) is 2.82. The number of halogens is 4. The Balaban J connectivity index is 2.46. The molecule has 2 unspecified atom stereocenters. The highest BCUT2D eigenvalue weighted by Crippen LogP contribution is 2.85. The number of methoxy groups -OCH3 is 2. The molecule has 0 aromatic rings. The highest BCUT2D eigenvalue weighted by atomic mass is 35.5. The average Bonchev–Trinajstić information content (AvgIpc) is 3.03. The van der Waals surface area contributed by atoms with Crippen LogP contribution in [0, 0.1) is 10.8 Å². The normalized spacial score (nSPS) is 49.1. The monoisotopic (exact) mass is 390 g/mol. The van der Waals surface area contributed by atoms with Crippen molar-refractivity contribution in [2.24, 2.45) is 10.8 Å². The summed E-state index contributed by atoms with van der Waals surface area (Å²) >= 11 is 26.9. The topological polar surface area (TPSA) is 58.9 Å². The Morgan fingerprint density at radius 1 is 0.909 bits per heavy atom. The van der Waals surface area contributed by atoms with Gasteiger partial charge in [0.05, 0.1) is 23.3 Å². The fraction of sp³-hybridized carbons (Fsp3) is 0.857. The van der Waals surface area contributed by atoms with Crippen LogP contribution in [0.25, 0.3) is 0 Å². The third-order valence-electron chi connectivity index (χ3n) is 6.26. The van der Waals surface area contributed by atoms with Crippen LogP contribution >= 0.6 is 46.4 Å². The number of rotatable bonds is 4. The molecule has 8 heteroatoms. The minimum absolute atomic E-state index is 0.120. The molecule has 0 spiro atoms. The van der Waals surface area contributed by atoms with Gasteiger partial charge in [0.25, 0.3) is 0 Å². The Morgan fingerprint density at radius 2 is 1.27 bits per heavy atom. The summed E-state index contributed by atoms with van der Waals surface area (Å²) in [5, 5.41) is 20.8. The second-order valence-electron chi connectivity index (χ2n) is 6.30. The lowest BCUT2D eigenvalue weighted by atomic mass is 9.59. The summed E-state index contributed by atoms with van der Waals surface area (Å²) in [6, 6.07) is 0. The number of hydrogen-bond acceptors (Lipinski definition) is 4. The summed E-state index contributed by atoms with van der Waals surface area (Å²) in [5.74, 6) is -1.58. The number of alkyl halides is 2. The number of hydrogen-bond donors (Lipinski definition) is 2. The minimum Gasteiger partial charge on any atom is -0.396 e. The van der Waals surface area contributed by atoms with E-state index in [1.807, 2.05) is 0 Å². The van der Waals surface area contributed by atoms with Gasteiger partial charge in [-0.3, -0.25) is 0 Å². The third-order valence-corrected chi connectivity index (χ3v) is 9.10. The van der Waals surface area contributed by atoms with Crippen molar-refractivity contribution in [3.05, 3.63) is 10.1 Å². The van der Waals surface area contributed by atoms with Gasteiger partial charge in [-0.2, -0.15) is 0 Å². The van der Waals surface area contributed by atoms with Crippen LogP contribution in [0.15, 0.2) is 10.1 Å². The van der Waals surface area contributed by atoms with Gasteiger partial charge < -0.3 is 19.7 Å². The standard InChI is InChI=1S/C14H18Cl4O4/c1-21-14(22-2)12(17)8(15)9(16)13(14,18)11(7-20)5-3-4-10(11,12)6-19/h19-20H,3-7H2,1-2H3/t10?,11?,12-,13+. The van der Waals surface area contributed by atoms with Gasteiger partial charge in [0.1, 0.15) is 9.75 Å². The van der Waals surface area contributed by atoms with Gasteiger partial charge in [-0.15, -0.1) is 23.2 Å². The number of ether oxygens (including phenoxy) is 2. The Kier molecular flexibility index (Phi) is 3.90. The second kappa shape index (κ2) is 4.89. The van der Waals surface area contributed by atoms with E-state index in [0.717, 1.165) is 6.42 Å². The first-order valence-electron chi connectivity index (χ1n) is 7.03. The quantitative estimate of drug-likeness (QED) is 0.571. The number of aliphatic hydroxyl groups is 2. The Hall–Kier alpha value is 0.740. The van der Waals surface area contributed by atoms with Crippen molar-refractivity contribution in [1.82, 2.24) is 0 Å². The maximum Gasteiger partial charge on any atom is 0.218 e. The van der Waals surface area contributed by atoms with E-state index in [-0.39, 0.29) is 23.3 Å². The summed E-state index contributed by atoms with van der Waals surface area (Å²) < 4.78 is 11.3. The fourth-order valence-corrected chi connectivity index (χ4v) is 7.87. The maximum atomic E-state index is 10.3. The molecule has 0 saturated heterocycles. The first-order chi connectivity index (χ1) is 10.3. The Bertz CT molecular complexity index is 509. The van der Waals surface area contributed by atoms with Gasteiger partial charge in [-0.25, -0.2) is 0 Å². The SMILES string of the molecule is COC1(OC)[C@@]2(Cl)C(Cl)=C(Cl)[C@]1(Cl)C1(CO)CCCC12CO. The zero-order valence-electron chi connectivity index (χ0n) is 12.3. The molecule has 0 radical (unpaired) electrons. The van der Waals surface area contributed by atoms with Gasteiger partial charge >= 0.3 is 0 Å². The lowest BCUT2D eigenvalue weighted by Crippen LogP contribution is -2.60. The van der Waals surface area contributed by atoms with Crippen LogP contribution in [-0.2, 0) is 9.47 Å². The smallest absolute Gasteiger partial charge is 0.218 e. The van der Waals surface area contributed by atoms with Gasteiger partial charge in [-0.1, -0.05) is 29.6 Å².